The van der Waals surface area contributed by atoms with Gasteiger partial charge in [-0.15, -0.1) is 0 Å². The van der Waals surface area contributed by atoms with E-state index in [4.69, 9.17) is 10.4 Å². The summed E-state index contributed by atoms with van der Waals surface area (Å²) in [6.07, 6.45) is 2.28. The molecule has 1 aliphatic rings. The van der Waals surface area contributed by atoms with Crippen molar-refractivity contribution in [2.45, 2.75) is 12.8 Å². The van der Waals surface area contributed by atoms with Crippen molar-refractivity contribution in [3.63, 3.8) is 0 Å². The van der Waals surface area contributed by atoms with Crippen molar-refractivity contribution in [1.29, 1.82) is 5.26 Å². The number of carboxylic acids is 1. The van der Waals surface area contributed by atoms with Crippen molar-refractivity contribution in [2.24, 2.45) is 5.92 Å². The van der Waals surface area contributed by atoms with Gasteiger partial charge in [0.25, 0.3) is 0 Å². The highest BCUT2D eigenvalue weighted by Crippen LogP contribution is 2.18. The molecule has 0 aromatic carbocycles. The average Bonchev–Trinajstić information content (AvgIpc) is 2.18. The fraction of sp³-hybridized carbons (Fsp3) is 0.714. The first-order valence-electron chi connectivity index (χ1n) is 4.36. The van der Waals surface area contributed by atoms with Crippen LogP contribution in [0.1, 0.15) is 12.8 Å². The molecule has 2 N–H and O–H groups in total. The molecule has 1 aliphatic heterocycles. The molecule has 1 heterocycles. The fourth-order valence-corrected chi connectivity index (χ4v) is 2.47. The number of hydrogen-bond donors (Lipinski definition) is 2. The van der Waals surface area contributed by atoms with Gasteiger partial charge in [0.1, 0.15) is 0 Å². The predicted octanol–water partition coefficient (Wildman–Crippen LogP) is -0.902. The normalized spacial score (nSPS) is 23.0. The third-order valence-corrected chi connectivity index (χ3v) is 3.61. The number of nitriles is 1. The van der Waals surface area contributed by atoms with E-state index in [1.54, 1.807) is 4.72 Å². The van der Waals surface area contributed by atoms with E-state index in [0.717, 1.165) is 4.31 Å². The fourth-order valence-electron chi connectivity index (χ4n) is 1.48. The number of carbonyl (C=O) groups is 1. The molecule has 1 rings (SSSR count). The van der Waals surface area contributed by atoms with Gasteiger partial charge in [-0.05, 0) is 12.8 Å². The number of aliphatic carboxylic acids is 1. The number of rotatable bonds is 3. The molecule has 15 heavy (non-hydrogen) atoms. The Balaban J connectivity index is 2.73. The van der Waals surface area contributed by atoms with E-state index in [-0.39, 0.29) is 13.1 Å². The summed E-state index contributed by atoms with van der Waals surface area (Å²) >= 11 is 0. The second kappa shape index (κ2) is 4.46. The second-order valence-electron chi connectivity index (χ2n) is 3.25. The molecule has 1 saturated heterocycles. The van der Waals surface area contributed by atoms with Crippen LogP contribution in [0.3, 0.4) is 0 Å². The summed E-state index contributed by atoms with van der Waals surface area (Å²) in [6, 6.07) is 0. The number of nitrogens with zero attached hydrogens (tertiary/aromatic N) is 2. The molecule has 0 bridgehead atoms. The lowest BCUT2D eigenvalue weighted by atomic mass is 10.0. The van der Waals surface area contributed by atoms with Crippen molar-refractivity contribution in [3.05, 3.63) is 0 Å². The van der Waals surface area contributed by atoms with Gasteiger partial charge in [-0.2, -0.15) is 18.0 Å². The van der Waals surface area contributed by atoms with E-state index in [2.05, 4.69) is 0 Å². The molecule has 1 atom stereocenters. The highest BCUT2D eigenvalue weighted by atomic mass is 32.2. The Kier molecular flexibility index (Phi) is 3.49. The number of nitrogens with one attached hydrogen (secondary N) is 1. The molecule has 1 unspecified atom stereocenters. The maximum absolute atomic E-state index is 11.4. The zero-order valence-electron chi connectivity index (χ0n) is 7.88. The molecule has 8 heteroatoms. The van der Waals surface area contributed by atoms with Gasteiger partial charge in [-0.25, -0.2) is 4.72 Å². The van der Waals surface area contributed by atoms with Gasteiger partial charge in [-0.3, -0.25) is 4.79 Å². The lowest BCUT2D eigenvalue weighted by molar-refractivity contribution is -0.142. The van der Waals surface area contributed by atoms with Crippen molar-refractivity contribution >= 4 is 16.2 Å². The summed E-state index contributed by atoms with van der Waals surface area (Å²) in [6.45, 7) is 0.174. The van der Waals surface area contributed by atoms with Crippen LogP contribution >= 0.6 is 0 Å². The Labute approximate surface area is 87.5 Å². The van der Waals surface area contributed by atoms with Gasteiger partial charge in [0.2, 0.25) is 0 Å². The third kappa shape index (κ3) is 2.81. The SMILES string of the molecule is N#CNS(=O)(=O)N1CCCC(C(=O)O)C1. The van der Waals surface area contributed by atoms with Crippen LogP contribution in [0.5, 0.6) is 0 Å². The van der Waals surface area contributed by atoms with Crippen LogP contribution in [-0.2, 0) is 15.0 Å². The number of hydrogen-bond acceptors (Lipinski definition) is 4. The highest BCUT2D eigenvalue weighted by molar-refractivity contribution is 7.87. The Morgan fingerprint density at radius 3 is 2.80 bits per heavy atom. The molecular weight excluding hydrogens is 222 g/mol. The van der Waals surface area contributed by atoms with Gasteiger partial charge in [0, 0.05) is 13.1 Å². The first kappa shape index (κ1) is 11.7. The summed E-state index contributed by atoms with van der Waals surface area (Å²) in [7, 11) is -3.84. The summed E-state index contributed by atoms with van der Waals surface area (Å²) < 4.78 is 25.4. The van der Waals surface area contributed by atoms with Crippen LogP contribution in [-0.4, -0.2) is 36.9 Å². The molecule has 1 fully saturated rings. The van der Waals surface area contributed by atoms with Crippen molar-refractivity contribution in [2.75, 3.05) is 13.1 Å². The zero-order chi connectivity index (χ0) is 11.5. The summed E-state index contributed by atoms with van der Waals surface area (Å²) in [5.41, 5.74) is 0. The van der Waals surface area contributed by atoms with Crippen LogP contribution in [0.15, 0.2) is 0 Å². The summed E-state index contributed by atoms with van der Waals surface area (Å²) in [4.78, 5) is 10.7. The maximum Gasteiger partial charge on any atom is 0.309 e. The first-order chi connectivity index (χ1) is 6.97. The maximum atomic E-state index is 11.4. The Morgan fingerprint density at radius 1 is 1.60 bits per heavy atom. The number of carboxylic acid groups (broad SMARTS) is 1. The minimum absolute atomic E-state index is 0.0770. The van der Waals surface area contributed by atoms with Gasteiger partial charge >= 0.3 is 16.2 Å². The molecule has 0 spiro atoms. The van der Waals surface area contributed by atoms with E-state index < -0.39 is 22.1 Å². The third-order valence-electron chi connectivity index (χ3n) is 2.25. The van der Waals surface area contributed by atoms with E-state index in [1.165, 1.54) is 6.19 Å². The summed E-state index contributed by atoms with van der Waals surface area (Å²) in [5.74, 6) is -1.69. The van der Waals surface area contributed by atoms with Crippen LogP contribution in [0.25, 0.3) is 0 Å². The standard InChI is InChI=1S/C7H11N3O4S/c8-5-9-15(13,14)10-3-1-2-6(4-10)7(11)12/h6,9H,1-4H2,(H,11,12). The molecular formula is C7H11N3O4S. The van der Waals surface area contributed by atoms with E-state index in [9.17, 15) is 13.2 Å². The average molecular weight is 233 g/mol. The molecule has 0 radical (unpaired) electrons. The van der Waals surface area contributed by atoms with Gasteiger partial charge in [0.05, 0.1) is 5.92 Å². The quantitative estimate of drug-likeness (QED) is 0.484. The lowest BCUT2D eigenvalue weighted by Gasteiger charge is -2.28. The largest absolute Gasteiger partial charge is 0.481 e. The van der Waals surface area contributed by atoms with Crippen LogP contribution in [0, 0.1) is 17.4 Å². The van der Waals surface area contributed by atoms with Crippen LogP contribution in [0.2, 0.25) is 0 Å². The van der Waals surface area contributed by atoms with Gasteiger partial charge in [-0.1, -0.05) is 0 Å². The topological polar surface area (TPSA) is 111 Å². The van der Waals surface area contributed by atoms with Gasteiger partial charge < -0.3 is 5.11 Å². The molecule has 0 saturated carbocycles. The van der Waals surface area contributed by atoms with E-state index >= 15 is 0 Å². The first-order valence-corrected chi connectivity index (χ1v) is 5.80. The van der Waals surface area contributed by atoms with Crippen LogP contribution < -0.4 is 4.72 Å². The lowest BCUT2D eigenvalue weighted by Crippen LogP contribution is -2.46. The smallest absolute Gasteiger partial charge is 0.309 e. The van der Waals surface area contributed by atoms with Crippen molar-refractivity contribution in [1.82, 2.24) is 9.03 Å². The highest BCUT2D eigenvalue weighted by Gasteiger charge is 2.31. The molecule has 0 aliphatic carbocycles. The Morgan fingerprint density at radius 2 is 2.27 bits per heavy atom. The van der Waals surface area contributed by atoms with Crippen molar-refractivity contribution < 1.29 is 18.3 Å². The minimum atomic E-state index is -3.84. The molecule has 0 aromatic heterocycles. The monoisotopic (exact) mass is 233 g/mol. The van der Waals surface area contributed by atoms with E-state index in [0.29, 0.717) is 12.8 Å². The van der Waals surface area contributed by atoms with E-state index in [1.807, 2.05) is 0 Å². The number of piperidine rings is 1. The molecule has 0 aromatic rings. The van der Waals surface area contributed by atoms with Crippen molar-refractivity contribution in [3.8, 4) is 6.19 Å². The molecule has 84 valence electrons. The zero-order valence-corrected chi connectivity index (χ0v) is 8.70. The Hall–Kier alpha value is -1.33. The van der Waals surface area contributed by atoms with Crippen LogP contribution in [0.4, 0.5) is 0 Å². The Bertz CT molecular complexity index is 386. The predicted molar refractivity (Wildman–Crippen MR) is 49.6 cm³/mol. The molecule has 0 amide bonds. The van der Waals surface area contributed by atoms with Gasteiger partial charge in [0.15, 0.2) is 6.19 Å². The second-order valence-corrected chi connectivity index (χ2v) is 4.92. The minimum Gasteiger partial charge on any atom is -0.481 e. The molecule has 7 nitrogen and oxygen atoms in total. The summed E-state index contributed by atoms with van der Waals surface area (Å²) in [5, 5.41) is 17.0.